The fourth-order valence-electron chi connectivity index (χ4n) is 4.28. The normalized spacial score (nSPS) is 19.9. The minimum absolute atomic E-state index is 0.101. The van der Waals surface area contributed by atoms with Crippen LogP contribution in [-0.4, -0.2) is 52.3 Å². The van der Waals surface area contributed by atoms with Crippen molar-refractivity contribution < 1.29 is 9.59 Å². The third-order valence-corrected chi connectivity index (χ3v) is 6.21. The largest absolute Gasteiger partial charge is 0.339 e. The molecule has 1 saturated heterocycles. The molecule has 1 aromatic carbocycles. The summed E-state index contributed by atoms with van der Waals surface area (Å²) in [6, 6.07) is 11.9. The summed E-state index contributed by atoms with van der Waals surface area (Å²) in [6.07, 6.45) is 8.16. The van der Waals surface area contributed by atoms with Crippen molar-refractivity contribution in [3.05, 3.63) is 54.4 Å². The number of piperazine rings is 1. The third-order valence-electron chi connectivity index (χ3n) is 6.21. The molecule has 2 aromatic rings. The van der Waals surface area contributed by atoms with Crippen molar-refractivity contribution in [1.82, 2.24) is 14.8 Å². The van der Waals surface area contributed by atoms with Crippen LogP contribution in [0.3, 0.4) is 0 Å². The SMILES string of the molecule is CCCN1CCN(C(=O)C2CCC2)[C@@H](Cc2ccc(-c3ccncc3)cc2)C1=O. The van der Waals surface area contributed by atoms with E-state index in [0.29, 0.717) is 19.5 Å². The van der Waals surface area contributed by atoms with E-state index in [1.807, 2.05) is 21.9 Å². The van der Waals surface area contributed by atoms with E-state index in [1.165, 1.54) is 0 Å². The van der Waals surface area contributed by atoms with Gasteiger partial charge in [0.15, 0.2) is 0 Å². The van der Waals surface area contributed by atoms with Gasteiger partial charge in [-0.3, -0.25) is 14.6 Å². The van der Waals surface area contributed by atoms with Crippen molar-refractivity contribution in [3.8, 4) is 11.1 Å². The second kappa shape index (κ2) is 8.76. The highest BCUT2D eigenvalue weighted by atomic mass is 16.2. The average molecular weight is 392 g/mol. The van der Waals surface area contributed by atoms with Gasteiger partial charge in [0.05, 0.1) is 0 Å². The number of amides is 2. The van der Waals surface area contributed by atoms with Gasteiger partial charge in [-0.2, -0.15) is 0 Å². The standard InChI is InChI=1S/C24H29N3O2/c1-2-14-26-15-16-27(23(28)21-4-3-5-21)22(24(26)29)17-18-6-8-19(9-7-18)20-10-12-25-13-11-20/h6-13,21-22H,2-5,14-17H2,1H3/t22-/m0/s1. The zero-order valence-corrected chi connectivity index (χ0v) is 17.1. The first kappa shape index (κ1) is 19.6. The average Bonchev–Trinajstić information content (AvgIpc) is 2.71. The number of carbonyl (C=O) groups is 2. The molecule has 0 radical (unpaired) electrons. The Bertz CT molecular complexity index is 846. The maximum atomic E-state index is 13.2. The fourth-order valence-corrected chi connectivity index (χ4v) is 4.28. The molecular formula is C24H29N3O2. The van der Waals surface area contributed by atoms with E-state index in [-0.39, 0.29) is 23.8 Å². The van der Waals surface area contributed by atoms with Gasteiger partial charge in [-0.1, -0.05) is 37.6 Å². The molecule has 0 unspecified atom stereocenters. The number of pyridine rings is 1. The van der Waals surface area contributed by atoms with Crippen LogP contribution < -0.4 is 0 Å². The Balaban J connectivity index is 1.53. The molecule has 0 spiro atoms. The third kappa shape index (κ3) is 4.19. The van der Waals surface area contributed by atoms with Gasteiger partial charge < -0.3 is 9.80 Å². The summed E-state index contributed by atoms with van der Waals surface area (Å²) in [6.45, 7) is 4.16. The lowest BCUT2D eigenvalue weighted by atomic mass is 9.83. The molecule has 5 nitrogen and oxygen atoms in total. The van der Waals surface area contributed by atoms with E-state index >= 15 is 0 Å². The molecule has 152 valence electrons. The smallest absolute Gasteiger partial charge is 0.245 e. The molecule has 1 atom stereocenters. The van der Waals surface area contributed by atoms with Crippen molar-refractivity contribution >= 4 is 11.8 Å². The van der Waals surface area contributed by atoms with E-state index in [0.717, 1.165) is 48.9 Å². The molecule has 1 aliphatic carbocycles. The molecule has 2 heterocycles. The van der Waals surface area contributed by atoms with Gasteiger partial charge in [0, 0.05) is 44.4 Å². The van der Waals surface area contributed by atoms with Crippen molar-refractivity contribution in [2.45, 2.75) is 45.1 Å². The van der Waals surface area contributed by atoms with Crippen LogP contribution in [0.5, 0.6) is 0 Å². The second-order valence-corrected chi connectivity index (χ2v) is 8.14. The Morgan fingerprint density at radius 3 is 2.34 bits per heavy atom. The van der Waals surface area contributed by atoms with Crippen molar-refractivity contribution in [2.75, 3.05) is 19.6 Å². The number of benzene rings is 1. The molecule has 2 amide bonds. The Labute approximate surface area is 172 Å². The Morgan fingerprint density at radius 2 is 1.72 bits per heavy atom. The van der Waals surface area contributed by atoms with Crippen LogP contribution in [0.4, 0.5) is 0 Å². The van der Waals surface area contributed by atoms with Gasteiger partial charge in [-0.15, -0.1) is 0 Å². The molecule has 2 aliphatic rings. The van der Waals surface area contributed by atoms with Gasteiger partial charge in [0.1, 0.15) is 6.04 Å². The van der Waals surface area contributed by atoms with E-state index < -0.39 is 0 Å². The predicted octanol–water partition coefficient (Wildman–Crippen LogP) is 3.54. The zero-order valence-electron chi connectivity index (χ0n) is 17.1. The number of carbonyl (C=O) groups excluding carboxylic acids is 2. The van der Waals surface area contributed by atoms with Crippen LogP contribution >= 0.6 is 0 Å². The quantitative estimate of drug-likeness (QED) is 0.757. The topological polar surface area (TPSA) is 53.5 Å². The van der Waals surface area contributed by atoms with Crippen LogP contribution in [0.1, 0.15) is 38.2 Å². The van der Waals surface area contributed by atoms with E-state index in [9.17, 15) is 9.59 Å². The van der Waals surface area contributed by atoms with E-state index in [4.69, 9.17) is 0 Å². The predicted molar refractivity (Wildman–Crippen MR) is 113 cm³/mol. The minimum Gasteiger partial charge on any atom is -0.339 e. The first-order valence-electron chi connectivity index (χ1n) is 10.8. The first-order valence-corrected chi connectivity index (χ1v) is 10.8. The number of hydrogen-bond acceptors (Lipinski definition) is 3. The van der Waals surface area contributed by atoms with Crippen molar-refractivity contribution in [3.63, 3.8) is 0 Å². The molecular weight excluding hydrogens is 362 g/mol. The molecule has 1 saturated carbocycles. The zero-order chi connectivity index (χ0) is 20.2. The highest BCUT2D eigenvalue weighted by Crippen LogP contribution is 2.30. The minimum atomic E-state index is -0.379. The Hall–Kier alpha value is -2.69. The maximum absolute atomic E-state index is 13.2. The van der Waals surface area contributed by atoms with Crippen LogP contribution in [0.15, 0.2) is 48.8 Å². The molecule has 0 bridgehead atoms. The Morgan fingerprint density at radius 1 is 1.03 bits per heavy atom. The van der Waals surface area contributed by atoms with Crippen LogP contribution in [0.2, 0.25) is 0 Å². The van der Waals surface area contributed by atoms with E-state index in [2.05, 4.69) is 36.2 Å². The van der Waals surface area contributed by atoms with Gasteiger partial charge in [0.2, 0.25) is 11.8 Å². The number of rotatable bonds is 6. The Kier molecular flexibility index (Phi) is 5.93. The summed E-state index contributed by atoms with van der Waals surface area (Å²) in [5.74, 6) is 0.403. The molecule has 0 N–H and O–H groups in total. The summed E-state index contributed by atoms with van der Waals surface area (Å²) < 4.78 is 0. The van der Waals surface area contributed by atoms with Gasteiger partial charge in [-0.25, -0.2) is 0 Å². The van der Waals surface area contributed by atoms with Crippen LogP contribution in [0.25, 0.3) is 11.1 Å². The molecule has 4 rings (SSSR count). The van der Waals surface area contributed by atoms with Crippen molar-refractivity contribution in [2.24, 2.45) is 5.92 Å². The number of nitrogens with zero attached hydrogens (tertiary/aromatic N) is 3. The van der Waals surface area contributed by atoms with Gasteiger partial charge in [-0.05, 0) is 48.1 Å². The van der Waals surface area contributed by atoms with Crippen LogP contribution in [-0.2, 0) is 16.0 Å². The fraction of sp³-hybridized carbons (Fsp3) is 0.458. The summed E-state index contributed by atoms with van der Waals surface area (Å²) in [5.41, 5.74) is 3.34. The second-order valence-electron chi connectivity index (χ2n) is 8.14. The molecule has 1 aliphatic heterocycles. The number of aromatic nitrogens is 1. The summed E-state index contributed by atoms with van der Waals surface area (Å²) in [7, 11) is 0. The monoisotopic (exact) mass is 391 g/mol. The molecule has 2 fully saturated rings. The van der Waals surface area contributed by atoms with Crippen molar-refractivity contribution in [1.29, 1.82) is 0 Å². The highest BCUT2D eigenvalue weighted by molar-refractivity contribution is 5.90. The lowest BCUT2D eigenvalue weighted by Gasteiger charge is -2.43. The molecule has 5 heteroatoms. The maximum Gasteiger partial charge on any atom is 0.245 e. The summed E-state index contributed by atoms with van der Waals surface area (Å²) in [5, 5.41) is 0. The highest BCUT2D eigenvalue weighted by Gasteiger charge is 2.40. The summed E-state index contributed by atoms with van der Waals surface area (Å²) >= 11 is 0. The lowest BCUT2D eigenvalue weighted by molar-refractivity contribution is -0.155. The van der Waals surface area contributed by atoms with Gasteiger partial charge >= 0.3 is 0 Å². The van der Waals surface area contributed by atoms with E-state index in [1.54, 1.807) is 12.4 Å². The summed E-state index contributed by atoms with van der Waals surface area (Å²) in [4.78, 5) is 34.0. The van der Waals surface area contributed by atoms with Crippen LogP contribution in [0, 0.1) is 5.92 Å². The van der Waals surface area contributed by atoms with Gasteiger partial charge in [0.25, 0.3) is 0 Å². The first-order chi connectivity index (χ1) is 14.2. The molecule has 1 aromatic heterocycles. The lowest BCUT2D eigenvalue weighted by Crippen LogP contribution is -2.60. The number of hydrogen-bond donors (Lipinski definition) is 0. The molecule has 29 heavy (non-hydrogen) atoms.